The molecule has 2 aromatic rings. The van der Waals surface area contributed by atoms with Crippen molar-refractivity contribution in [1.82, 2.24) is 9.47 Å². The van der Waals surface area contributed by atoms with Crippen LogP contribution < -0.4 is 5.56 Å². The third-order valence-corrected chi connectivity index (χ3v) is 5.93. The van der Waals surface area contributed by atoms with Gasteiger partial charge in [-0.1, -0.05) is 29.8 Å². The summed E-state index contributed by atoms with van der Waals surface area (Å²) in [5.41, 5.74) is 1.64. The van der Waals surface area contributed by atoms with Crippen molar-refractivity contribution in [3.63, 3.8) is 0 Å². The maximum absolute atomic E-state index is 13.4. The molecule has 148 valence electrons. The van der Waals surface area contributed by atoms with Crippen LogP contribution in [0, 0.1) is 6.92 Å². The molecule has 1 aromatic carbocycles. The van der Waals surface area contributed by atoms with Gasteiger partial charge in [0, 0.05) is 30.4 Å². The summed E-state index contributed by atoms with van der Waals surface area (Å²) in [6.07, 6.45) is 5.71. The van der Waals surface area contributed by atoms with Gasteiger partial charge >= 0.3 is 0 Å². The van der Waals surface area contributed by atoms with Crippen molar-refractivity contribution in [3.8, 4) is 0 Å². The minimum Gasteiger partial charge on any atom is -0.376 e. The highest BCUT2D eigenvalue weighted by atomic mass is 35.5. The third-order valence-electron chi connectivity index (χ3n) is 5.56. The molecule has 2 fully saturated rings. The third kappa shape index (κ3) is 4.01. The van der Waals surface area contributed by atoms with Gasteiger partial charge in [0.2, 0.25) is 0 Å². The van der Waals surface area contributed by atoms with E-state index in [1.165, 1.54) is 0 Å². The van der Waals surface area contributed by atoms with Gasteiger partial charge in [0.1, 0.15) is 5.56 Å². The van der Waals surface area contributed by atoms with E-state index in [1.54, 1.807) is 15.7 Å². The summed E-state index contributed by atoms with van der Waals surface area (Å²) in [4.78, 5) is 28.3. The maximum atomic E-state index is 13.4. The van der Waals surface area contributed by atoms with E-state index in [-0.39, 0.29) is 29.2 Å². The average molecular weight is 401 g/mol. The average Bonchev–Trinajstić information content (AvgIpc) is 3.39. The molecule has 1 saturated carbocycles. The Morgan fingerprint density at radius 1 is 1.25 bits per heavy atom. The van der Waals surface area contributed by atoms with Crippen LogP contribution in [0.3, 0.4) is 0 Å². The van der Waals surface area contributed by atoms with Crippen LogP contribution in [0.15, 0.2) is 41.3 Å². The number of aromatic nitrogens is 1. The molecule has 1 atom stereocenters. The predicted molar refractivity (Wildman–Crippen MR) is 109 cm³/mol. The molecule has 1 amide bonds. The number of halogens is 1. The van der Waals surface area contributed by atoms with E-state index in [2.05, 4.69) is 0 Å². The number of nitrogens with zero attached hydrogens (tertiary/aromatic N) is 2. The number of benzene rings is 1. The van der Waals surface area contributed by atoms with Crippen LogP contribution in [0.2, 0.25) is 5.02 Å². The first-order chi connectivity index (χ1) is 13.5. The van der Waals surface area contributed by atoms with E-state index in [4.69, 9.17) is 16.3 Å². The number of aryl methyl sites for hydroxylation is 1. The standard InChI is InChI=1S/C22H25ClN2O3/c1-15-10-11-24(14-18-6-4-12-28-18)21(26)20(15)22(27)25(17-8-9-17)13-16-5-2-3-7-19(16)23/h2-3,5,7,10-11,17-18H,4,6,8-9,12-14H2,1H3. The highest BCUT2D eigenvalue weighted by Crippen LogP contribution is 2.31. The number of carbonyl (C=O) groups excluding carboxylic acids is 1. The molecule has 1 unspecified atom stereocenters. The molecule has 1 aliphatic heterocycles. The quantitative estimate of drug-likeness (QED) is 0.741. The molecule has 4 rings (SSSR count). The Morgan fingerprint density at radius 3 is 2.71 bits per heavy atom. The molecule has 1 aliphatic carbocycles. The van der Waals surface area contributed by atoms with Crippen molar-refractivity contribution in [2.24, 2.45) is 0 Å². The summed E-state index contributed by atoms with van der Waals surface area (Å²) >= 11 is 6.31. The largest absolute Gasteiger partial charge is 0.376 e. The molecule has 0 radical (unpaired) electrons. The molecule has 28 heavy (non-hydrogen) atoms. The number of hydrogen-bond donors (Lipinski definition) is 0. The van der Waals surface area contributed by atoms with E-state index in [1.807, 2.05) is 37.3 Å². The molecule has 1 aromatic heterocycles. The lowest BCUT2D eigenvalue weighted by Gasteiger charge is -2.24. The summed E-state index contributed by atoms with van der Waals surface area (Å²) in [5, 5.41) is 0.640. The van der Waals surface area contributed by atoms with Crippen LogP contribution in [0.25, 0.3) is 0 Å². The lowest BCUT2D eigenvalue weighted by atomic mass is 10.1. The number of carbonyl (C=O) groups is 1. The molecule has 6 heteroatoms. The van der Waals surface area contributed by atoms with Gasteiger partial charge in [-0.15, -0.1) is 0 Å². The predicted octanol–water partition coefficient (Wildman–Crippen LogP) is 3.79. The highest BCUT2D eigenvalue weighted by molar-refractivity contribution is 6.31. The molecule has 2 heterocycles. The van der Waals surface area contributed by atoms with E-state index in [0.717, 1.165) is 37.9 Å². The lowest BCUT2D eigenvalue weighted by Crippen LogP contribution is -2.39. The Labute approximate surface area is 169 Å². The second kappa shape index (κ2) is 8.10. The van der Waals surface area contributed by atoms with Crippen LogP contribution in [0.1, 0.15) is 47.2 Å². The van der Waals surface area contributed by atoms with Gasteiger partial charge in [0.15, 0.2) is 0 Å². The van der Waals surface area contributed by atoms with Gasteiger partial charge in [-0.05, 0) is 55.9 Å². The Hall–Kier alpha value is -2.11. The first-order valence-electron chi connectivity index (χ1n) is 9.90. The molecule has 0 spiro atoms. The fraction of sp³-hybridized carbons (Fsp3) is 0.455. The Kier molecular flexibility index (Phi) is 5.56. The number of hydrogen-bond acceptors (Lipinski definition) is 3. The van der Waals surface area contributed by atoms with Crippen molar-refractivity contribution >= 4 is 17.5 Å². The van der Waals surface area contributed by atoms with Gasteiger partial charge in [-0.2, -0.15) is 0 Å². The minimum absolute atomic E-state index is 0.0472. The first kappa shape index (κ1) is 19.2. The molecule has 0 bridgehead atoms. The molecule has 2 aliphatic rings. The van der Waals surface area contributed by atoms with Crippen molar-refractivity contribution < 1.29 is 9.53 Å². The van der Waals surface area contributed by atoms with Gasteiger partial charge in [-0.25, -0.2) is 0 Å². The number of ether oxygens (including phenoxy) is 1. The van der Waals surface area contributed by atoms with E-state index in [0.29, 0.717) is 23.7 Å². The van der Waals surface area contributed by atoms with Crippen molar-refractivity contribution in [3.05, 3.63) is 68.6 Å². The summed E-state index contributed by atoms with van der Waals surface area (Å²) in [7, 11) is 0. The maximum Gasteiger partial charge on any atom is 0.263 e. The summed E-state index contributed by atoms with van der Waals surface area (Å²) in [6.45, 7) is 3.48. The summed E-state index contributed by atoms with van der Waals surface area (Å²) < 4.78 is 7.28. The van der Waals surface area contributed by atoms with Gasteiger partial charge in [-0.3, -0.25) is 9.59 Å². The number of rotatable bonds is 6. The fourth-order valence-corrected chi connectivity index (χ4v) is 3.98. The Morgan fingerprint density at radius 2 is 2.04 bits per heavy atom. The van der Waals surface area contributed by atoms with Crippen molar-refractivity contribution in [2.75, 3.05) is 6.61 Å². The molecule has 5 nitrogen and oxygen atoms in total. The Balaban J connectivity index is 1.63. The second-order valence-corrected chi connectivity index (χ2v) is 8.13. The smallest absolute Gasteiger partial charge is 0.263 e. The van der Waals surface area contributed by atoms with Crippen LogP contribution >= 0.6 is 11.6 Å². The Bertz CT molecular complexity index is 930. The lowest BCUT2D eigenvalue weighted by molar-refractivity contribution is 0.0723. The first-order valence-corrected chi connectivity index (χ1v) is 10.3. The SMILES string of the molecule is Cc1ccn(CC2CCCO2)c(=O)c1C(=O)N(Cc1ccccc1Cl)C1CC1. The van der Waals surface area contributed by atoms with Crippen LogP contribution in [0.5, 0.6) is 0 Å². The molecule has 1 saturated heterocycles. The normalized spacial score (nSPS) is 19.0. The number of amides is 1. The van der Waals surface area contributed by atoms with Crippen LogP contribution in [-0.4, -0.2) is 34.1 Å². The van der Waals surface area contributed by atoms with Crippen molar-refractivity contribution in [2.45, 2.75) is 57.8 Å². The van der Waals surface area contributed by atoms with Gasteiger partial charge < -0.3 is 14.2 Å². The highest BCUT2D eigenvalue weighted by Gasteiger charge is 2.35. The minimum atomic E-state index is -0.231. The molecule has 0 N–H and O–H groups in total. The van der Waals surface area contributed by atoms with E-state index >= 15 is 0 Å². The van der Waals surface area contributed by atoms with Crippen molar-refractivity contribution in [1.29, 1.82) is 0 Å². The number of pyridine rings is 1. The zero-order valence-corrected chi connectivity index (χ0v) is 16.8. The van der Waals surface area contributed by atoms with E-state index < -0.39 is 0 Å². The van der Waals surface area contributed by atoms with Crippen LogP contribution in [0.4, 0.5) is 0 Å². The van der Waals surface area contributed by atoms with Gasteiger partial charge in [0.05, 0.1) is 12.6 Å². The van der Waals surface area contributed by atoms with Gasteiger partial charge in [0.25, 0.3) is 11.5 Å². The molecular weight excluding hydrogens is 376 g/mol. The topological polar surface area (TPSA) is 51.5 Å². The summed E-state index contributed by atoms with van der Waals surface area (Å²) in [5.74, 6) is -0.202. The second-order valence-electron chi connectivity index (χ2n) is 7.72. The fourth-order valence-electron chi connectivity index (χ4n) is 3.78. The summed E-state index contributed by atoms with van der Waals surface area (Å²) in [6, 6.07) is 9.58. The zero-order valence-electron chi connectivity index (χ0n) is 16.1. The monoisotopic (exact) mass is 400 g/mol. The van der Waals surface area contributed by atoms with E-state index in [9.17, 15) is 9.59 Å². The molecular formula is C22H25ClN2O3. The zero-order chi connectivity index (χ0) is 19.7. The van der Waals surface area contributed by atoms with Crippen LogP contribution in [-0.2, 0) is 17.8 Å².